The Balaban J connectivity index is 1.34. The maximum absolute atomic E-state index is 13.0. The normalized spacial score (nSPS) is 16.6. The van der Waals surface area contributed by atoms with Crippen molar-refractivity contribution in [1.82, 2.24) is 30.3 Å². The predicted molar refractivity (Wildman–Crippen MR) is 157 cm³/mol. The third kappa shape index (κ3) is 8.11. The molecular weight excluding hydrogens is 556 g/mol. The fourth-order valence-electron chi connectivity index (χ4n) is 5.12. The molecule has 0 aliphatic carbocycles. The van der Waals surface area contributed by atoms with Gasteiger partial charge in [-0.25, -0.2) is 9.78 Å². The van der Waals surface area contributed by atoms with Crippen molar-refractivity contribution in [2.24, 2.45) is 0 Å². The Morgan fingerprint density at radius 1 is 0.953 bits per heavy atom. The number of pyridine rings is 1. The number of likely N-dealkylation sites (tertiary alicyclic amines) is 1. The van der Waals surface area contributed by atoms with Gasteiger partial charge < -0.3 is 34.8 Å². The van der Waals surface area contributed by atoms with Gasteiger partial charge in [0.2, 0.25) is 11.8 Å². The van der Waals surface area contributed by atoms with E-state index < -0.39 is 11.9 Å². The Morgan fingerprint density at radius 3 is 2.44 bits per heavy atom. The molecule has 2 aliphatic heterocycles. The summed E-state index contributed by atoms with van der Waals surface area (Å²) >= 11 is 0. The zero-order valence-corrected chi connectivity index (χ0v) is 24.8. The van der Waals surface area contributed by atoms with Crippen LogP contribution in [0.4, 0.5) is 4.79 Å². The minimum atomic E-state index is -0.565. The van der Waals surface area contributed by atoms with Crippen LogP contribution in [0, 0.1) is 0 Å². The molecule has 0 spiro atoms. The van der Waals surface area contributed by atoms with Crippen LogP contribution in [0.5, 0.6) is 5.75 Å². The van der Waals surface area contributed by atoms with Crippen molar-refractivity contribution in [2.45, 2.75) is 45.6 Å². The van der Waals surface area contributed by atoms with Crippen LogP contribution in [0.25, 0.3) is 10.9 Å². The van der Waals surface area contributed by atoms with Crippen LogP contribution in [0.2, 0.25) is 0 Å². The first kappa shape index (κ1) is 31.5. The standard InChI is InChI=1S/C30H40N6O7/c1-3-5-17-42-30(41)35-15-13-34(14-16-35)26(37)19-32-28(39)23-18-25(21-9-6-7-10-22(21)33-23)43-20-27(38)36-12-8-11-24(36)29(40)31-4-2/h6-7,9-10,18,24H,3-5,8,11-17,19-20H2,1-2H3,(H,31,40)(H,32,39). The van der Waals surface area contributed by atoms with E-state index in [0.29, 0.717) is 68.9 Å². The van der Waals surface area contributed by atoms with Crippen molar-refractivity contribution >= 4 is 40.6 Å². The molecule has 43 heavy (non-hydrogen) atoms. The number of fused-ring (bicyclic) bond motifs is 1. The summed E-state index contributed by atoms with van der Waals surface area (Å²) in [5.74, 6) is -1.04. The van der Waals surface area contributed by atoms with Crippen LogP contribution in [-0.4, -0.2) is 114 Å². The first-order chi connectivity index (χ1) is 20.8. The number of likely N-dealkylation sites (N-methyl/N-ethyl adjacent to an activating group) is 1. The number of benzene rings is 1. The van der Waals surface area contributed by atoms with E-state index in [1.54, 1.807) is 34.1 Å². The summed E-state index contributed by atoms with van der Waals surface area (Å²) < 4.78 is 11.1. The van der Waals surface area contributed by atoms with E-state index in [2.05, 4.69) is 15.6 Å². The van der Waals surface area contributed by atoms with Gasteiger partial charge in [-0.3, -0.25) is 19.2 Å². The fraction of sp³-hybridized carbons (Fsp3) is 0.533. The number of rotatable bonds is 11. The summed E-state index contributed by atoms with van der Waals surface area (Å²) in [5, 5.41) is 6.02. The first-order valence-electron chi connectivity index (χ1n) is 14.9. The van der Waals surface area contributed by atoms with Gasteiger partial charge in [0.05, 0.1) is 18.7 Å². The van der Waals surface area contributed by atoms with Gasteiger partial charge in [-0.05, 0) is 38.3 Å². The molecule has 1 unspecified atom stereocenters. The van der Waals surface area contributed by atoms with E-state index in [9.17, 15) is 24.0 Å². The number of amides is 5. The summed E-state index contributed by atoms with van der Waals surface area (Å²) in [6, 6.07) is 8.00. The quantitative estimate of drug-likeness (QED) is 0.371. The predicted octanol–water partition coefficient (Wildman–Crippen LogP) is 1.55. The molecule has 2 saturated heterocycles. The smallest absolute Gasteiger partial charge is 0.409 e. The Hall–Kier alpha value is -4.42. The zero-order valence-electron chi connectivity index (χ0n) is 24.8. The van der Waals surface area contributed by atoms with Crippen LogP contribution in [0.3, 0.4) is 0 Å². The highest BCUT2D eigenvalue weighted by Gasteiger charge is 2.34. The van der Waals surface area contributed by atoms with Crippen LogP contribution in [0.15, 0.2) is 30.3 Å². The summed E-state index contributed by atoms with van der Waals surface area (Å²) in [7, 11) is 0. The molecule has 13 nitrogen and oxygen atoms in total. The molecule has 2 N–H and O–H groups in total. The van der Waals surface area contributed by atoms with Gasteiger partial charge in [0, 0.05) is 50.7 Å². The molecule has 5 amide bonds. The Morgan fingerprint density at radius 2 is 1.70 bits per heavy atom. The molecule has 0 radical (unpaired) electrons. The molecule has 13 heteroatoms. The Labute approximate surface area is 250 Å². The van der Waals surface area contributed by atoms with Gasteiger partial charge in [-0.2, -0.15) is 0 Å². The lowest BCUT2D eigenvalue weighted by Crippen LogP contribution is -2.52. The number of carbonyl (C=O) groups is 5. The highest BCUT2D eigenvalue weighted by Crippen LogP contribution is 2.26. The average Bonchev–Trinajstić information content (AvgIpc) is 3.53. The van der Waals surface area contributed by atoms with Crippen LogP contribution < -0.4 is 15.4 Å². The van der Waals surface area contributed by atoms with Crippen LogP contribution in [-0.2, 0) is 19.1 Å². The second-order valence-electron chi connectivity index (χ2n) is 10.5. The number of ether oxygens (including phenoxy) is 2. The topological polar surface area (TPSA) is 150 Å². The van der Waals surface area contributed by atoms with Gasteiger partial charge in [-0.15, -0.1) is 0 Å². The SMILES string of the molecule is CCCCOC(=O)N1CCN(C(=O)CNC(=O)c2cc(OCC(=O)N3CCCC3C(=O)NCC)c3ccccc3n2)CC1. The number of hydrogen-bond donors (Lipinski definition) is 2. The van der Waals surface area contributed by atoms with Crippen molar-refractivity contribution in [3.8, 4) is 5.75 Å². The van der Waals surface area contributed by atoms with Crippen molar-refractivity contribution in [2.75, 3.05) is 59.0 Å². The lowest BCUT2D eigenvalue weighted by atomic mass is 10.1. The van der Waals surface area contributed by atoms with Crippen molar-refractivity contribution in [1.29, 1.82) is 0 Å². The minimum Gasteiger partial charge on any atom is -0.483 e. The molecule has 0 bridgehead atoms. The van der Waals surface area contributed by atoms with E-state index in [1.807, 2.05) is 13.8 Å². The molecule has 4 rings (SSSR count). The molecule has 0 saturated carbocycles. The molecule has 232 valence electrons. The Bertz CT molecular complexity index is 1330. The molecule has 2 fully saturated rings. The van der Waals surface area contributed by atoms with Crippen molar-refractivity contribution in [3.63, 3.8) is 0 Å². The molecule has 3 heterocycles. The number of nitrogens with one attached hydrogen (secondary N) is 2. The number of piperazine rings is 1. The van der Waals surface area contributed by atoms with Crippen molar-refractivity contribution < 1.29 is 33.4 Å². The molecule has 2 aromatic rings. The first-order valence-corrected chi connectivity index (χ1v) is 14.9. The van der Waals surface area contributed by atoms with E-state index in [-0.39, 0.29) is 42.7 Å². The molecule has 1 atom stereocenters. The summed E-state index contributed by atoms with van der Waals surface area (Å²) in [6.07, 6.45) is 2.69. The highest BCUT2D eigenvalue weighted by molar-refractivity contribution is 5.98. The van der Waals surface area contributed by atoms with Gasteiger partial charge in [0.25, 0.3) is 11.8 Å². The average molecular weight is 597 g/mol. The molecular formula is C30H40N6O7. The lowest BCUT2D eigenvalue weighted by Gasteiger charge is -2.34. The van der Waals surface area contributed by atoms with Crippen LogP contribution >= 0.6 is 0 Å². The fourth-order valence-corrected chi connectivity index (χ4v) is 5.12. The lowest BCUT2D eigenvalue weighted by molar-refractivity contribution is -0.139. The van der Waals surface area contributed by atoms with Gasteiger partial charge in [0.1, 0.15) is 17.5 Å². The highest BCUT2D eigenvalue weighted by atomic mass is 16.6. The van der Waals surface area contributed by atoms with E-state index >= 15 is 0 Å². The van der Waals surface area contributed by atoms with Gasteiger partial charge in [0.15, 0.2) is 6.61 Å². The number of carbonyl (C=O) groups excluding carboxylic acids is 5. The maximum atomic E-state index is 13.0. The maximum Gasteiger partial charge on any atom is 0.409 e. The van der Waals surface area contributed by atoms with E-state index in [0.717, 1.165) is 19.3 Å². The Kier molecular flexibility index (Phi) is 11.1. The van der Waals surface area contributed by atoms with E-state index in [1.165, 1.54) is 11.0 Å². The zero-order chi connectivity index (χ0) is 30.8. The summed E-state index contributed by atoms with van der Waals surface area (Å²) in [4.78, 5) is 72.5. The third-order valence-electron chi connectivity index (χ3n) is 7.50. The minimum absolute atomic E-state index is 0.0370. The number of para-hydroxylation sites is 1. The van der Waals surface area contributed by atoms with Crippen LogP contribution in [0.1, 0.15) is 50.0 Å². The van der Waals surface area contributed by atoms with Gasteiger partial charge >= 0.3 is 6.09 Å². The number of unbranched alkanes of at least 4 members (excludes halogenated alkanes) is 1. The number of hydrogen-bond acceptors (Lipinski definition) is 8. The van der Waals surface area contributed by atoms with Gasteiger partial charge in [-0.1, -0.05) is 25.5 Å². The van der Waals surface area contributed by atoms with Crippen molar-refractivity contribution in [3.05, 3.63) is 36.0 Å². The summed E-state index contributed by atoms with van der Waals surface area (Å²) in [6.45, 7) is 6.05. The molecule has 1 aromatic carbocycles. The number of aromatic nitrogens is 1. The second kappa shape index (κ2) is 15.2. The summed E-state index contributed by atoms with van der Waals surface area (Å²) in [5.41, 5.74) is 0.530. The number of nitrogens with zero attached hydrogens (tertiary/aromatic N) is 4. The molecule has 2 aliphatic rings. The monoisotopic (exact) mass is 596 g/mol. The largest absolute Gasteiger partial charge is 0.483 e. The van der Waals surface area contributed by atoms with E-state index in [4.69, 9.17) is 9.47 Å². The third-order valence-corrected chi connectivity index (χ3v) is 7.50. The molecule has 1 aromatic heterocycles. The second-order valence-corrected chi connectivity index (χ2v) is 10.5.